The van der Waals surface area contributed by atoms with Gasteiger partial charge in [-0.3, -0.25) is 4.79 Å². The molecule has 2 aliphatic rings. The summed E-state index contributed by atoms with van der Waals surface area (Å²) in [7, 11) is 0. The van der Waals surface area contributed by atoms with Crippen molar-refractivity contribution in [2.45, 2.75) is 45.7 Å². The number of anilines is 2. The molecule has 1 aromatic heterocycles. The Morgan fingerprint density at radius 3 is 2.74 bits per heavy atom. The van der Waals surface area contributed by atoms with E-state index < -0.39 is 0 Å². The summed E-state index contributed by atoms with van der Waals surface area (Å²) in [6.45, 7) is 5.88. The monoisotopic (exact) mass is 360 g/mol. The Labute approximate surface area is 160 Å². The molecular formula is C22H24N4O. The number of carbonyl (C=O) groups excluding carboxylic acids is 1. The lowest BCUT2D eigenvalue weighted by atomic mass is 9.79. The van der Waals surface area contributed by atoms with Crippen molar-refractivity contribution in [2.24, 2.45) is 11.8 Å². The molecule has 1 N–H and O–H groups in total. The molecule has 4 rings (SSSR count). The minimum atomic E-state index is 0.00287. The maximum absolute atomic E-state index is 12.6. The Bertz CT molecular complexity index is 928. The maximum atomic E-state index is 12.6. The van der Waals surface area contributed by atoms with Gasteiger partial charge in [-0.2, -0.15) is 5.26 Å². The highest BCUT2D eigenvalue weighted by atomic mass is 16.2. The fourth-order valence-electron chi connectivity index (χ4n) is 4.42. The summed E-state index contributed by atoms with van der Waals surface area (Å²) in [6.07, 6.45) is 4.12. The summed E-state index contributed by atoms with van der Waals surface area (Å²) >= 11 is 0. The minimum absolute atomic E-state index is 0.00287. The number of nitrogens with zero attached hydrogens (tertiary/aromatic N) is 3. The number of fused-ring (bicyclic) bond motifs is 1. The smallest absolute Gasteiger partial charge is 0.224 e. The lowest BCUT2D eigenvalue weighted by Gasteiger charge is -2.46. The van der Waals surface area contributed by atoms with Crippen LogP contribution in [0.3, 0.4) is 0 Å². The molecule has 2 aromatic rings. The molecule has 0 radical (unpaired) electrons. The molecule has 0 unspecified atom stereocenters. The molecule has 0 bridgehead atoms. The number of rotatable bonds is 3. The molecule has 1 aliphatic carbocycles. The molecular weight excluding hydrogens is 336 g/mol. The first kappa shape index (κ1) is 17.5. The topological polar surface area (TPSA) is 69.0 Å². The number of nitriles is 1. The molecule has 3 atom stereocenters. The van der Waals surface area contributed by atoms with Gasteiger partial charge in [-0.1, -0.05) is 13.0 Å². The predicted molar refractivity (Wildman–Crippen MR) is 105 cm³/mol. The number of pyridine rings is 1. The van der Waals surface area contributed by atoms with Crippen molar-refractivity contribution in [1.82, 2.24) is 4.98 Å². The van der Waals surface area contributed by atoms with E-state index in [9.17, 15) is 10.1 Å². The van der Waals surface area contributed by atoms with E-state index in [2.05, 4.69) is 23.3 Å². The van der Waals surface area contributed by atoms with Crippen molar-refractivity contribution in [2.75, 3.05) is 10.2 Å². The van der Waals surface area contributed by atoms with Gasteiger partial charge in [0, 0.05) is 30.8 Å². The van der Waals surface area contributed by atoms with E-state index in [1.165, 1.54) is 12.8 Å². The number of aryl methyl sites for hydroxylation is 1. The second kappa shape index (κ2) is 6.70. The number of nitrogens with one attached hydrogen (secondary N) is 1. The SMILES string of the molecule is CC(=O)N1c2ccc(C#N)cc2[C@H](Nc2ncccc2C)[C@@H](C)[C@@H]1C1CC1. The Balaban J connectivity index is 1.84. The van der Waals surface area contributed by atoms with Crippen LogP contribution in [0.4, 0.5) is 11.5 Å². The van der Waals surface area contributed by atoms with Gasteiger partial charge in [0.25, 0.3) is 0 Å². The molecule has 0 spiro atoms. The Hall–Kier alpha value is -2.87. The van der Waals surface area contributed by atoms with E-state index in [1.807, 2.05) is 36.1 Å². The normalized spacial score (nSPS) is 24.1. The van der Waals surface area contributed by atoms with Gasteiger partial charge in [0.05, 0.1) is 17.7 Å². The zero-order valence-electron chi connectivity index (χ0n) is 15.9. The van der Waals surface area contributed by atoms with Gasteiger partial charge in [-0.05, 0) is 61.1 Å². The molecule has 1 fully saturated rings. The van der Waals surface area contributed by atoms with Gasteiger partial charge >= 0.3 is 0 Å². The first-order valence-electron chi connectivity index (χ1n) is 9.53. The third-order valence-electron chi connectivity index (χ3n) is 5.86. The number of amides is 1. The van der Waals surface area contributed by atoms with E-state index in [0.717, 1.165) is 22.6 Å². The largest absolute Gasteiger partial charge is 0.363 e. The standard InChI is InChI=1S/C22H24N4O/c1-13-5-4-10-24-22(13)25-20-14(2)21(17-7-8-17)26(15(3)27)19-9-6-16(12-23)11-18(19)20/h4-6,9-11,14,17,20-21H,7-8H2,1-3H3,(H,24,25)/t14-,20-,21-/m1/s1. The maximum Gasteiger partial charge on any atom is 0.224 e. The van der Waals surface area contributed by atoms with Crippen LogP contribution in [-0.4, -0.2) is 16.9 Å². The number of benzene rings is 1. The number of carbonyl (C=O) groups is 1. The van der Waals surface area contributed by atoms with Crippen LogP contribution in [0, 0.1) is 30.1 Å². The second-order valence-electron chi connectivity index (χ2n) is 7.75. The summed E-state index contributed by atoms with van der Waals surface area (Å²) in [6, 6.07) is 12.0. The van der Waals surface area contributed by atoms with Gasteiger partial charge in [-0.15, -0.1) is 0 Å². The van der Waals surface area contributed by atoms with Gasteiger partial charge in [0.2, 0.25) is 5.91 Å². The molecule has 1 aromatic carbocycles. The summed E-state index contributed by atoms with van der Waals surface area (Å²) in [5.41, 5.74) is 3.61. The summed E-state index contributed by atoms with van der Waals surface area (Å²) < 4.78 is 0. The quantitative estimate of drug-likeness (QED) is 0.891. The number of hydrogen-bond donors (Lipinski definition) is 1. The molecule has 0 saturated heterocycles. The van der Waals surface area contributed by atoms with E-state index in [4.69, 9.17) is 0 Å². The lowest BCUT2D eigenvalue weighted by molar-refractivity contribution is -0.117. The fourth-order valence-corrected chi connectivity index (χ4v) is 4.42. The van der Waals surface area contributed by atoms with Crippen LogP contribution >= 0.6 is 0 Å². The van der Waals surface area contributed by atoms with E-state index in [1.54, 1.807) is 19.2 Å². The van der Waals surface area contributed by atoms with Gasteiger partial charge in [-0.25, -0.2) is 4.98 Å². The minimum Gasteiger partial charge on any atom is -0.363 e. The van der Waals surface area contributed by atoms with Crippen molar-refractivity contribution in [3.63, 3.8) is 0 Å². The van der Waals surface area contributed by atoms with E-state index in [-0.39, 0.29) is 23.9 Å². The number of aromatic nitrogens is 1. The van der Waals surface area contributed by atoms with Crippen LogP contribution < -0.4 is 10.2 Å². The molecule has 5 heteroatoms. The fraction of sp³-hybridized carbons (Fsp3) is 0.409. The van der Waals surface area contributed by atoms with Crippen molar-refractivity contribution in [1.29, 1.82) is 5.26 Å². The highest BCUT2D eigenvalue weighted by Crippen LogP contribution is 2.50. The Morgan fingerprint density at radius 1 is 1.33 bits per heavy atom. The van der Waals surface area contributed by atoms with Crippen LogP contribution in [0.15, 0.2) is 36.5 Å². The summed E-state index contributed by atoms with van der Waals surface area (Å²) in [5.74, 6) is 1.68. The Kier molecular flexibility index (Phi) is 4.35. The number of hydrogen-bond acceptors (Lipinski definition) is 4. The van der Waals surface area contributed by atoms with Gasteiger partial charge < -0.3 is 10.2 Å². The molecule has 1 aliphatic heterocycles. The van der Waals surface area contributed by atoms with Gasteiger partial charge in [0.15, 0.2) is 0 Å². The van der Waals surface area contributed by atoms with E-state index >= 15 is 0 Å². The average Bonchev–Trinajstić information content (AvgIpc) is 3.49. The zero-order chi connectivity index (χ0) is 19.1. The molecule has 5 nitrogen and oxygen atoms in total. The summed E-state index contributed by atoms with van der Waals surface area (Å²) in [5, 5.41) is 13.0. The third kappa shape index (κ3) is 3.06. The Morgan fingerprint density at radius 2 is 2.11 bits per heavy atom. The average molecular weight is 360 g/mol. The molecule has 138 valence electrons. The van der Waals surface area contributed by atoms with Crippen LogP contribution in [0.25, 0.3) is 0 Å². The first-order chi connectivity index (χ1) is 13.0. The second-order valence-corrected chi connectivity index (χ2v) is 7.75. The molecule has 1 amide bonds. The van der Waals surface area contributed by atoms with E-state index in [0.29, 0.717) is 11.5 Å². The van der Waals surface area contributed by atoms with Crippen LogP contribution in [0.1, 0.15) is 49.4 Å². The molecule has 1 saturated carbocycles. The summed E-state index contributed by atoms with van der Waals surface area (Å²) in [4.78, 5) is 19.0. The van der Waals surface area contributed by atoms with Crippen LogP contribution in [0.2, 0.25) is 0 Å². The molecule has 2 heterocycles. The third-order valence-corrected chi connectivity index (χ3v) is 5.86. The van der Waals surface area contributed by atoms with Crippen LogP contribution in [0.5, 0.6) is 0 Å². The highest BCUT2D eigenvalue weighted by molar-refractivity contribution is 5.94. The van der Waals surface area contributed by atoms with Crippen molar-refractivity contribution in [3.05, 3.63) is 53.2 Å². The van der Waals surface area contributed by atoms with Crippen molar-refractivity contribution in [3.8, 4) is 6.07 Å². The predicted octanol–water partition coefficient (Wildman–Crippen LogP) is 4.20. The van der Waals surface area contributed by atoms with Crippen LogP contribution in [-0.2, 0) is 4.79 Å². The lowest BCUT2D eigenvalue weighted by Crippen LogP contribution is -2.51. The highest BCUT2D eigenvalue weighted by Gasteiger charge is 2.47. The zero-order valence-corrected chi connectivity index (χ0v) is 15.9. The van der Waals surface area contributed by atoms with Crippen molar-refractivity contribution >= 4 is 17.4 Å². The molecule has 27 heavy (non-hydrogen) atoms. The first-order valence-corrected chi connectivity index (χ1v) is 9.53. The van der Waals surface area contributed by atoms with Crippen molar-refractivity contribution < 1.29 is 4.79 Å². The van der Waals surface area contributed by atoms with Gasteiger partial charge in [0.1, 0.15) is 5.82 Å².